The Morgan fingerprint density at radius 3 is 2.57 bits per heavy atom. The zero-order valence-electron chi connectivity index (χ0n) is 14.8. The lowest BCUT2D eigenvalue weighted by molar-refractivity contribution is 0.119. The normalized spacial score (nSPS) is 18.1. The van der Waals surface area contributed by atoms with Crippen LogP contribution in [-0.4, -0.2) is 51.7 Å². The van der Waals surface area contributed by atoms with E-state index in [4.69, 9.17) is 16.3 Å². The van der Waals surface area contributed by atoms with Gasteiger partial charge in [-0.15, -0.1) is 0 Å². The van der Waals surface area contributed by atoms with Crippen LogP contribution in [0, 0.1) is 0 Å². The van der Waals surface area contributed by atoms with Crippen molar-refractivity contribution in [2.24, 2.45) is 0 Å². The summed E-state index contributed by atoms with van der Waals surface area (Å²) in [6, 6.07) is 8.66. The molecule has 0 radical (unpaired) electrons. The monoisotopic (exact) mass is 419 g/mol. The van der Waals surface area contributed by atoms with Crippen molar-refractivity contribution in [2.75, 3.05) is 13.1 Å². The van der Waals surface area contributed by atoms with Crippen LogP contribution in [0.2, 0.25) is 5.02 Å². The fourth-order valence-electron chi connectivity index (χ4n) is 3.07. The van der Waals surface area contributed by atoms with Gasteiger partial charge in [-0.25, -0.2) is 23.1 Å². The van der Waals surface area contributed by atoms with Crippen molar-refractivity contribution in [2.45, 2.75) is 23.8 Å². The predicted octanol–water partition coefficient (Wildman–Crippen LogP) is 2.55. The van der Waals surface area contributed by atoms with E-state index in [1.54, 1.807) is 41.3 Å². The maximum absolute atomic E-state index is 13.0. The molecule has 0 bridgehead atoms. The summed E-state index contributed by atoms with van der Waals surface area (Å²) in [4.78, 5) is 8.26. The second-order valence-electron chi connectivity index (χ2n) is 6.37. The lowest BCUT2D eigenvalue weighted by Crippen LogP contribution is -2.44. The highest BCUT2D eigenvalue weighted by Gasteiger charge is 2.31. The molecule has 146 valence electrons. The minimum Gasteiger partial charge on any atom is -0.459 e. The number of halogens is 1. The molecule has 1 fully saturated rings. The number of aromatic nitrogens is 4. The first-order chi connectivity index (χ1) is 13.5. The van der Waals surface area contributed by atoms with Gasteiger partial charge in [-0.1, -0.05) is 11.6 Å². The van der Waals surface area contributed by atoms with Crippen molar-refractivity contribution in [1.29, 1.82) is 0 Å². The Bertz CT molecular complexity index is 1020. The maximum atomic E-state index is 13.0. The first-order valence-corrected chi connectivity index (χ1v) is 10.6. The molecule has 0 N–H and O–H groups in total. The first-order valence-electron chi connectivity index (χ1n) is 8.77. The fraction of sp³-hybridized carbons (Fsp3) is 0.278. The van der Waals surface area contributed by atoms with E-state index in [1.165, 1.54) is 16.7 Å². The summed E-state index contributed by atoms with van der Waals surface area (Å²) in [6.07, 6.45) is 7.48. The lowest BCUT2D eigenvalue weighted by atomic mass is 10.1. The Labute approximate surface area is 167 Å². The molecular formula is C18H18ClN5O3S. The van der Waals surface area contributed by atoms with Crippen molar-refractivity contribution in [3.05, 3.63) is 60.1 Å². The molecule has 1 unspecified atom stereocenters. The van der Waals surface area contributed by atoms with Gasteiger partial charge in [0.05, 0.1) is 34.5 Å². The molecule has 8 nitrogen and oxygen atoms in total. The van der Waals surface area contributed by atoms with E-state index in [1.807, 2.05) is 6.07 Å². The molecular weight excluding hydrogens is 402 g/mol. The van der Waals surface area contributed by atoms with Crippen molar-refractivity contribution in [1.82, 2.24) is 24.1 Å². The van der Waals surface area contributed by atoms with Gasteiger partial charge in [-0.05, 0) is 43.2 Å². The van der Waals surface area contributed by atoms with Crippen LogP contribution in [0.3, 0.4) is 0 Å². The predicted molar refractivity (Wildman–Crippen MR) is 103 cm³/mol. The summed E-state index contributed by atoms with van der Waals surface area (Å²) in [5.41, 5.74) is 0.795. The van der Waals surface area contributed by atoms with E-state index in [0.29, 0.717) is 18.0 Å². The number of hydrogen-bond donors (Lipinski definition) is 0. The summed E-state index contributed by atoms with van der Waals surface area (Å²) in [6.45, 7) is 0.694. The van der Waals surface area contributed by atoms with Gasteiger partial charge in [0.15, 0.2) is 0 Å². The highest BCUT2D eigenvalue weighted by molar-refractivity contribution is 7.89. The number of piperidine rings is 1. The van der Waals surface area contributed by atoms with E-state index in [9.17, 15) is 8.42 Å². The molecule has 2 aromatic heterocycles. The molecule has 1 aromatic carbocycles. The number of nitrogens with zero attached hydrogens (tertiary/aromatic N) is 5. The maximum Gasteiger partial charge on any atom is 0.316 e. The quantitative estimate of drug-likeness (QED) is 0.631. The van der Waals surface area contributed by atoms with Gasteiger partial charge < -0.3 is 4.74 Å². The molecule has 3 aromatic rings. The number of rotatable bonds is 5. The number of ether oxygens (including phenoxy) is 1. The van der Waals surface area contributed by atoms with Crippen molar-refractivity contribution in [3.8, 4) is 11.7 Å². The smallest absolute Gasteiger partial charge is 0.316 e. The van der Waals surface area contributed by atoms with Crippen molar-refractivity contribution < 1.29 is 13.2 Å². The third-order valence-corrected chi connectivity index (χ3v) is 6.53. The average molecular weight is 420 g/mol. The third kappa shape index (κ3) is 4.01. The number of benzene rings is 1. The van der Waals surface area contributed by atoms with Crippen LogP contribution >= 0.6 is 11.6 Å². The molecule has 4 rings (SSSR count). The van der Waals surface area contributed by atoms with Gasteiger partial charge in [-0.3, -0.25) is 0 Å². The Morgan fingerprint density at radius 2 is 1.89 bits per heavy atom. The van der Waals surface area contributed by atoms with E-state index in [2.05, 4.69) is 15.1 Å². The molecule has 1 atom stereocenters. The second-order valence-corrected chi connectivity index (χ2v) is 8.75. The summed E-state index contributed by atoms with van der Waals surface area (Å²) < 4.78 is 34.9. The zero-order chi connectivity index (χ0) is 19.6. The fourth-order valence-corrected chi connectivity index (χ4v) is 4.68. The highest BCUT2D eigenvalue weighted by atomic mass is 35.5. The van der Waals surface area contributed by atoms with Gasteiger partial charge in [0.1, 0.15) is 6.10 Å². The topological polar surface area (TPSA) is 90.2 Å². The van der Waals surface area contributed by atoms with E-state index in [-0.39, 0.29) is 23.6 Å². The summed E-state index contributed by atoms with van der Waals surface area (Å²) >= 11 is 5.78. The van der Waals surface area contributed by atoms with Gasteiger partial charge in [-0.2, -0.15) is 9.40 Å². The van der Waals surface area contributed by atoms with Crippen LogP contribution < -0.4 is 4.74 Å². The first kappa shape index (κ1) is 18.9. The average Bonchev–Trinajstić information content (AvgIpc) is 3.25. The van der Waals surface area contributed by atoms with Crippen LogP contribution in [0.4, 0.5) is 0 Å². The van der Waals surface area contributed by atoms with E-state index >= 15 is 0 Å². The van der Waals surface area contributed by atoms with E-state index in [0.717, 1.165) is 12.1 Å². The summed E-state index contributed by atoms with van der Waals surface area (Å²) in [5, 5.41) is 4.56. The Morgan fingerprint density at radius 1 is 1.14 bits per heavy atom. The standard InChI is InChI=1S/C18H18ClN5O3S/c19-14-11-20-18(21-12-14)27-16-3-1-9-23(13-16)28(25,26)17-6-4-15(5-7-17)24-10-2-8-22-24/h2,4-8,10-12,16H,1,3,9,13H2. The molecule has 0 spiro atoms. The Balaban J connectivity index is 1.48. The van der Waals surface area contributed by atoms with Crippen molar-refractivity contribution in [3.63, 3.8) is 0 Å². The van der Waals surface area contributed by atoms with Gasteiger partial charge in [0.25, 0.3) is 0 Å². The van der Waals surface area contributed by atoms with Gasteiger partial charge in [0, 0.05) is 18.9 Å². The molecule has 1 saturated heterocycles. The van der Waals surface area contributed by atoms with Crippen molar-refractivity contribution >= 4 is 21.6 Å². The van der Waals surface area contributed by atoms with Gasteiger partial charge >= 0.3 is 6.01 Å². The molecule has 28 heavy (non-hydrogen) atoms. The second kappa shape index (κ2) is 7.86. The number of hydrogen-bond acceptors (Lipinski definition) is 6. The van der Waals surface area contributed by atoms with Crippen LogP contribution in [0.5, 0.6) is 6.01 Å². The molecule has 10 heteroatoms. The van der Waals surface area contributed by atoms with Crippen LogP contribution in [-0.2, 0) is 10.0 Å². The molecule has 1 aliphatic rings. The largest absolute Gasteiger partial charge is 0.459 e. The molecule has 1 aliphatic heterocycles. The Hall–Kier alpha value is -2.49. The third-order valence-electron chi connectivity index (χ3n) is 4.45. The summed E-state index contributed by atoms with van der Waals surface area (Å²) in [7, 11) is -3.62. The van der Waals surface area contributed by atoms with Crippen LogP contribution in [0.25, 0.3) is 5.69 Å². The molecule has 0 amide bonds. The SMILES string of the molecule is O=S(=O)(c1ccc(-n2cccn2)cc1)N1CCCC(Oc2ncc(Cl)cn2)C1. The number of sulfonamides is 1. The zero-order valence-corrected chi connectivity index (χ0v) is 16.4. The van der Waals surface area contributed by atoms with Gasteiger partial charge in [0.2, 0.25) is 10.0 Å². The molecule has 0 saturated carbocycles. The highest BCUT2D eigenvalue weighted by Crippen LogP contribution is 2.23. The lowest BCUT2D eigenvalue weighted by Gasteiger charge is -2.31. The Kier molecular flexibility index (Phi) is 5.29. The minimum atomic E-state index is -3.62. The van der Waals surface area contributed by atoms with Crippen LogP contribution in [0.1, 0.15) is 12.8 Å². The molecule has 0 aliphatic carbocycles. The summed E-state index contributed by atoms with van der Waals surface area (Å²) in [5.74, 6) is 0. The van der Waals surface area contributed by atoms with E-state index < -0.39 is 10.0 Å². The molecule has 3 heterocycles. The minimum absolute atomic E-state index is 0.192. The van der Waals surface area contributed by atoms with Crippen LogP contribution in [0.15, 0.2) is 60.0 Å².